The molecule has 0 unspecified atom stereocenters. The van der Waals surface area contributed by atoms with Crippen LogP contribution in [0.4, 0.5) is 26.1 Å². The number of benzene rings is 2. The first-order valence-electron chi connectivity index (χ1n) is 8.81. The summed E-state index contributed by atoms with van der Waals surface area (Å²) in [6.07, 6.45) is 0. The fourth-order valence-corrected chi connectivity index (χ4v) is 2.75. The van der Waals surface area contributed by atoms with Crippen molar-refractivity contribution in [2.75, 3.05) is 10.6 Å². The van der Waals surface area contributed by atoms with Gasteiger partial charge in [0.15, 0.2) is 0 Å². The Labute approximate surface area is 161 Å². The number of hydrogen-bond acceptors (Lipinski definition) is 4. The van der Waals surface area contributed by atoms with Crippen molar-refractivity contribution in [1.82, 2.24) is 9.97 Å². The van der Waals surface area contributed by atoms with Crippen LogP contribution in [0.1, 0.15) is 41.5 Å². The minimum absolute atomic E-state index is 0.0701. The van der Waals surface area contributed by atoms with E-state index < -0.39 is 17.5 Å². The minimum atomic E-state index is -0.858. The Kier molecular flexibility index (Phi) is 5.63. The van der Waals surface area contributed by atoms with Crippen molar-refractivity contribution in [2.45, 2.75) is 26.7 Å². The Morgan fingerprint density at radius 1 is 1.00 bits per heavy atom. The summed E-state index contributed by atoms with van der Waals surface area (Å²) in [5, 5.41) is 5.55. The number of rotatable bonds is 5. The van der Waals surface area contributed by atoms with Crippen molar-refractivity contribution in [3.05, 3.63) is 77.1 Å². The Morgan fingerprint density at radius 2 is 1.75 bits per heavy atom. The van der Waals surface area contributed by atoms with Crippen LogP contribution in [0.5, 0.6) is 0 Å². The molecule has 0 saturated carbocycles. The van der Waals surface area contributed by atoms with Gasteiger partial charge in [-0.15, -0.1) is 0 Å². The van der Waals surface area contributed by atoms with Gasteiger partial charge >= 0.3 is 0 Å². The van der Waals surface area contributed by atoms with E-state index in [1.807, 2.05) is 24.3 Å². The standard InChI is InChI=1S/C21H20F2N4O/c1-12(2)15-6-4-5-7-17(15)26-21-24-13(3)10-19(27-21)20(28)25-18-9-8-14(22)11-16(18)23/h4-12H,1-3H3,(H,25,28)(H,24,26,27). The van der Waals surface area contributed by atoms with Gasteiger partial charge < -0.3 is 10.6 Å². The van der Waals surface area contributed by atoms with E-state index in [0.717, 1.165) is 23.4 Å². The SMILES string of the molecule is Cc1cc(C(=O)Nc2ccc(F)cc2F)nc(Nc2ccccc2C(C)C)n1. The maximum atomic E-state index is 13.8. The quantitative estimate of drug-likeness (QED) is 0.638. The van der Waals surface area contributed by atoms with E-state index in [2.05, 4.69) is 34.4 Å². The number of carbonyl (C=O) groups excluding carboxylic acids is 1. The van der Waals surface area contributed by atoms with Crippen molar-refractivity contribution < 1.29 is 13.6 Å². The van der Waals surface area contributed by atoms with Crippen LogP contribution in [0, 0.1) is 18.6 Å². The maximum absolute atomic E-state index is 13.8. The highest BCUT2D eigenvalue weighted by molar-refractivity contribution is 6.03. The summed E-state index contributed by atoms with van der Waals surface area (Å²) in [7, 11) is 0. The van der Waals surface area contributed by atoms with Crippen LogP contribution >= 0.6 is 0 Å². The lowest BCUT2D eigenvalue weighted by molar-refractivity contribution is 0.102. The molecule has 0 aliphatic carbocycles. The number of halogens is 2. The van der Waals surface area contributed by atoms with Crippen LogP contribution < -0.4 is 10.6 Å². The average molecular weight is 382 g/mol. The third-order valence-electron chi connectivity index (χ3n) is 4.10. The normalized spacial score (nSPS) is 10.8. The van der Waals surface area contributed by atoms with E-state index in [1.54, 1.807) is 6.92 Å². The highest BCUT2D eigenvalue weighted by atomic mass is 19.1. The lowest BCUT2D eigenvalue weighted by atomic mass is 10.0. The number of aryl methyl sites for hydroxylation is 1. The molecule has 5 nitrogen and oxygen atoms in total. The fourth-order valence-electron chi connectivity index (χ4n) is 2.75. The van der Waals surface area contributed by atoms with Crippen molar-refractivity contribution in [1.29, 1.82) is 0 Å². The lowest BCUT2D eigenvalue weighted by Gasteiger charge is -2.14. The molecule has 1 aromatic heterocycles. The summed E-state index contributed by atoms with van der Waals surface area (Å²) in [5.41, 5.74) is 2.46. The Hall–Kier alpha value is -3.35. The molecule has 2 aromatic carbocycles. The van der Waals surface area contributed by atoms with Crippen LogP contribution in [-0.2, 0) is 0 Å². The number of carbonyl (C=O) groups is 1. The smallest absolute Gasteiger partial charge is 0.274 e. The molecule has 3 rings (SSSR count). The van der Waals surface area contributed by atoms with Gasteiger partial charge in [0, 0.05) is 17.4 Å². The van der Waals surface area contributed by atoms with Crippen molar-refractivity contribution in [3.8, 4) is 0 Å². The van der Waals surface area contributed by atoms with Gasteiger partial charge in [-0.1, -0.05) is 32.0 Å². The molecule has 0 spiro atoms. The number of aromatic nitrogens is 2. The van der Waals surface area contributed by atoms with E-state index in [0.29, 0.717) is 11.8 Å². The average Bonchev–Trinajstić information content (AvgIpc) is 2.63. The van der Waals surface area contributed by atoms with Crippen LogP contribution in [0.3, 0.4) is 0 Å². The van der Waals surface area contributed by atoms with Crippen LogP contribution in [0.15, 0.2) is 48.5 Å². The molecule has 7 heteroatoms. The molecule has 0 aliphatic heterocycles. The van der Waals surface area contributed by atoms with E-state index in [9.17, 15) is 13.6 Å². The van der Waals surface area contributed by atoms with Crippen molar-refractivity contribution in [2.24, 2.45) is 0 Å². The second kappa shape index (κ2) is 8.12. The molecule has 1 amide bonds. The largest absolute Gasteiger partial charge is 0.324 e. The maximum Gasteiger partial charge on any atom is 0.274 e. The summed E-state index contributed by atoms with van der Waals surface area (Å²) in [5.74, 6) is -1.64. The molecule has 0 bridgehead atoms. The monoisotopic (exact) mass is 382 g/mol. The van der Waals surface area contributed by atoms with E-state index in [1.165, 1.54) is 6.07 Å². The molecule has 0 aliphatic rings. The minimum Gasteiger partial charge on any atom is -0.324 e. The van der Waals surface area contributed by atoms with E-state index >= 15 is 0 Å². The van der Waals surface area contributed by atoms with Crippen LogP contribution in [0.2, 0.25) is 0 Å². The summed E-state index contributed by atoms with van der Waals surface area (Å²) in [6.45, 7) is 5.89. The van der Waals surface area contributed by atoms with Crippen LogP contribution in [-0.4, -0.2) is 15.9 Å². The van der Waals surface area contributed by atoms with E-state index in [4.69, 9.17) is 0 Å². The highest BCUT2D eigenvalue weighted by Crippen LogP contribution is 2.26. The zero-order valence-electron chi connectivity index (χ0n) is 15.8. The lowest BCUT2D eigenvalue weighted by Crippen LogP contribution is -2.16. The fraction of sp³-hybridized carbons (Fsp3) is 0.190. The van der Waals surface area contributed by atoms with Gasteiger partial charge in [0.25, 0.3) is 5.91 Å². The predicted molar refractivity (Wildman–Crippen MR) is 105 cm³/mol. The van der Waals surface area contributed by atoms with Crippen LogP contribution in [0.25, 0.3) is 0 Å². The molecular formula is C21H20F2N4O. The van der Waals surface area contributed by atoms with Crippen molar-refractivity contribution in [3.63, 3.8) is 0 Å². The predicted octanol–water partition coefficient (Wildman–Crippen LogP) is 5.18. The van der Waals surface area contributed by atoms with Gasteiger partial charge in [-0.25, -0.2) is 18.7 Å². The summed E-state index contributed by atoms with van der Waals surface area (Å²) in [6, 6.07) is 12.2. The number of nitrogens with zero attached hydrogens (tertiary/aromatic N) is 2. The molecule has 0 saturated heterocycles. The molecule has 2 N–H and O–H groups in total. The van der Waals surface area contributed by atoms with Gasteiger partial charge in [-0.3, -0.25) is 4.79 Å². The molecule has 28 heavy (non-hydrogen) atoms. The van der Waals surface area contributed by atoms with Gasteiger partial charge in [0.1, 0.15) is 17.3 Å². The third-order valence-corrected chi connectivity index (χ3v) is 4.10. The number of anilines is 3. The summed E-state index contributed by atoms with van der Waals surface area (Å²) < 4.78 is 26.8. The third kappa shape index (κ3) is 4.49. The zero-order valence-corrected chi connectivity index (χ0v) is 15.8. The van der Waals surface area contributed by atoms with Gasteiger partial charge in [-0.2, -0.15) is 0 Å². The Morgan fingerprint density at radius 3 is 2.46 bits per heavy atom. The zero-order chi connectivity index (χ0) is 20.3. The Balaban J connectivity index is 1.86. The van der Waals surface area contributed by atoms with Gasteiger partial charge in [0.2, 0.25) is 5.95 Å². The topological polar surface area (TPSA) is 66.9 Å². The molecule has 0 radical (unpaired) electrons. The summed E-state index contributed by atoms with van der Waals surface area (Å²) >= 11 is 0. The van der Waals surface area contributed by atoms with Gasteiger partial charge in [-0.05, 0) is 42.7 Å². The molecule has 3 aromatic rings. The molecule has 1 heterocycles. The number of para-hydroxylation sites is 1. The molecular weight excluding hydrogens is 362 g/mol. The second-order valence-electron chi connectivity index (χ2n) is 6.66. The van der Waals surface area contributed by atoms with Crippen molar-refractivity contribution >= 4 is 23.2 Å². The molecule has 0 atom stereocenters. The van der Waals surface area contributed by atoms with Gasteiger partial charge in [0.05, 0.1) is 5.69 Å². The number of amides is 1. The Bertz CT molecular complexity index is 1020. The molecule has 0 fully saturated rings. The first kappa shape index (κ1) is 19.4. The first-order chi connectivity index (χ1) is 13.3. The first-order valence-corrected chi connectivity index (χ1v) is 8.81. The highest BCUT2D eigenvalue weighted by Gasteiger charge is 2.14. The summed E-state index contributed by atoms with van der Waals surface area (Å²) in [4.78, 5) is 21.1. The second-order valence-corrected chi connectivity index (χ2v) is 6.66. The number of nitrogens with one attached hydrogen (secondary N) is 2. The molecule has 144 valence electrons. The number of hydrogen-bond donors (Lipinski definition) is 2. The van der Waals surface area contributed by atoms with E-state index in [-0.39, 0.29) is 23.2 Å².